The Labute approximate surface area is 124 Å². The van der Waals surface area contributed by atoms with Gasteiger partial charge < -0.3 is 10.5 Å². The zero-order valence-electron chi connectivity index (χ0n) is 10.4. The Morgan fingerprint density at radius 1 is 1.20 bits per heavy atom. The lowest BCUT2D eigenvalue weighted by molar-refractivity contribution is 0.478. The lowest BCUT2D eigenvalue weighted by atomic mass is 10.3. The van der Waals surface area contributed by atoms with Crippen LogP contribution in [0.15, 0.2) is 45.8 Å². The molecule has 0 bridgehead atoms. The summed E-state index contributed by atoms with van der Waals surface area (Å²) < 4.78 is 42.0. The smallest absolute Gasteiger partial charge is 0.175 e. The summed E-state index contributed by atoms with van der Waals surface area (Å²) in [5.41, 5.74) is 5.91. The lowest BCUT2D eigenvalue weighted by Gasteiger charge is -2.10. The van der Waals surface area contributed by atoms with Crippen molar-refractivity contribution in [1.82, 2.24) is 0 Å². The summed E-state index contributed by atoms with van der Waals surface area (Å²) in [5.74, 6) is 0.0614. The average Bonchev–Trinajstić information content (AvgIpc) is 2.29. The van der Waals surface area contributed by atoms with E-state index in [2.05, 4.69) is 15.9 Å². The van der Waals surface area contributed by atoms with Crippen LogP contribution in [0.25, 0.3) is 0 Å². The van der Waals surface area contributed by atoms with Gasteiger partial charge in [0.15, 0.2) is 9.84 Å². The highest BCUT2D eigenvalue weighted by molar-refractivity contribution is 9.10. The Bertz CT molecular complexity index is 742. The first-order chi connectivity index (χ1) is 9.25. The summed E-state index contributed by atoms with van der Waals surface area (Å²) in [6.45, 7) is 0. The van der Waals surface area contributed by atoms with Gasteiger partial charge in [0, 0.05) is 16.8 Å². The summed E-state index contributed by atoms with van der Waals surface area (Å²) in [6.07, 6.45) is 1.09. The van der Waals surface area contributed by atoms with E-state index in [-0.39, 0.29) is 22.1 Å². The van der Waals surface area contributed by atoms with E-state index in [1.807, 2.05) is 0 Å². The van der Waals surface area contributed by atoms with Crippen molar-refractivity contribution < 1.29 is 17.5 Å². The van der Waals surface area contributed by atoms with Crippen LogP contribution < -0.4 is 10.5 Å². The number of halogens is 2. The molecule has 0 heterocycles. The molecule has 0 fully saturated rings. The van der Waals surface area contributed by atoms with Crippen molar-refractivity contribution in [3.8, 4) is 11.5 Å². The second-order valence-electron chi connectivity index (χ2n) is 4.18. The van der Waals surface area contributed by atoms with Gasteiger partial charge in [-0.15, -0.1) is 0 Å². The van der Waals surface area contributed by atoms with Crippen molar-refractivity contribution in [2.24, 2.45) is 0 Å². The molecule has 0 amide bonds. The van der Waals surface area contributed by atoms with Gasteiger partial charge in [-0.05, 0) is 30.3 Å². The highest BCUT2D eigenvalue weighted by Gasteiger charge is 2.11. The number of nitrogens with two attached hydrogens (primary N) is 1. The molecule has 0 aliphatic rings. The van der Waals surface area contributed by atoms with Crippen molar-refractivity contribution >= 4 is 31.5 Å². The molecular weight excluding hydrogens is 349 g/mol. The van der Waals surface area contributed by atoms with Crippen molar-refractivity contribution in [2.75, 3.05) is 12.0 Å². The first-order valence-electron chi connectivity index (χ1n) is 5.49. The number of hydrogen-bond donors (Lipinski definition) is 1. The Balaban J connectivity index is 2.35. The van der Waals surface area contributed by atoms with Gasteiger partial charge in [-0.3, -0.25) is 0 Å². The van der Waals surface area contributed by atoms with E-state index < -0.39 is 15.7 Å². The van der Waals surface area contributed by atoms with E-state index >= 15 is 0 Å². The van der Waals surface area contributed by atoms with Crippen molar-refractivity contribution in [3.63, 3.8) is 0 Å². The normalized spacial score (nSPS) is 11.3. The van der Waals surface area contributed by atoms with Crippen LogP contribution in [0.3, 0.4) is 0 Å². The summed E-state index contributed by atoms with van der Waals surface area (Å²) in [7, 11) is -3.33. The predicted octanol–water partition coefficient (Wildman–Crippen LogP) is 3.37. The fourth-order valence-electron chi connectivity index (χ4n) is 1.56. The van der Waals surface area contributed by atoms with Gasteiger partial charge in [0.2, 0.25) is 0 Å². The molecule has 2 aromatic carbocycles. The minimum atomic E-state index is -3.33. The number of nitrogen functional groups attached to an aromatic ring is 1. The van der Waals surface area contributed by atoms with Crippen LogP contribution in [-0.4, -0.2) is 14.7 Å². The van der Waals surface area contributed by atoms with Gasteiger partial charge >= 0.3 is 0 Å². The number of benzene rings is 2. The van der Waals surface area contributed by atoms with E-state index in [9.17, 15) is 12.8 Å². The largest absolute Gasteiger partial charge is 0.455 e. The minimum absolute atomic E-state index is 0.0998. The van der Waals surface area contributed by atoms with Crippen LogP contribution >= 0.6 is 15.9 Å². The third kappa shape index (κ3) is 3.49. The maximum Gasteiger partial charge on any atom is 0.175 e. The van der Waals surface area contributed by atoms with Crippen molar-refractivity contribution in [3.05, 3.63) is 46.7 Å². The Hall–Kier alpha value is -1.60. The zero-order valence-corrected chi connectivity index (χ0v) is 12.8. The molecule has 2 rings (SSSR count). The molecular formula is C13H11BrFNO3S. The quantitative estimate of drug-likeness (QED) is 0.853. The third-order valence-electron chi connectivity index (χ3n) is 2.47. The van der Waals surface area contributed by atoms with Gasteiger partial charge in [0.05, 0.1) is 10.6 Å². The molecule has 0 radical (unpaired) electrons. The SMILES string of the molecule is CS(=O)(=O)c1ccc(Oc2cc(F)cc(Br)c2)c(N)c1. The lowest BCUT2D eigenvalue weighted by Crippen LogP contribution is -2.00. The number of sulfone groups is 1. The Morgan fingerprint density at radius 2 is 1.90 bits per heavy atom. The number of rotatable bonds is 3. The standard InChI is InChI=1S/C13H11BrFNO3S/c1-20(17,18)11-2-3-13(12(16)7-11)19-10-5-8(14)4-9(15)6-10/h2-7H,16H2,1H3. The van der Waals surface area contributed by atoms with E-state index in [0.717, 1.165) is 6.26 Å². The van der Waals surface area contributed by atoms with Gasteiger partial charge in [0.1, 0.15) is 17.3 Å². The second kappa shape index (κ2) is 5.41. The van der Waals surface area contributed by atoms with Crippen LogP contribution in [0, 0.1) is 5.82 Å². The number of anilines is 1. The van der Waals surface area contributed by atoms with Crippen molar-refractivity contribution in [1.29, 1.82) is 0 Å². The molecule has 0 saturated heterocycles. The third-order valence-corrected chi connectivity index (χ3v) is 4.04. The van der Waals surface area contributed by atoms with Crippen LogP contribution in [0.5, 0.6) is 11.5 Å². The monoisotopic (exact) mass is 359 g/mol. The number of hydrogen-bond acceptors (Lipinski definition) is 4. The molecule has 0 unspecified atom stereocenters. The molecule has 0 spiro atoms. The fraction of sp³-hybridized carbons (Fsp3) is 0.0769. The summed E-state index contributed by atoms with van der Waals surface area (Å²) >= 11 is 3.15. The van der Waals surface area contributed by atoms with E-state index in [1.165, 1.54) is 30.3 Å². The first kappa shape index (κ1) is 14.8. The maximum atomic E-state index is 13.2. The Morgan fingerprint density at radius 3 is 2.45 bits per heavy atom. The highest BCUT2D eigenvalue weighted by atomic mass is 79.9. The Kier molecular flexibility index (Phi) is 4.01. The van der Waals surface area contributed by atoms with Crippen LogP contribution in [-0.2, 0) is 9.84 Å². The van der Waals surface area contributed by atoms with Crippen LogP contribution in [0.2, 0.25) is 0 Å². The molecule has 0 aliphatic heterocycles. The van der Waals surface area contributed by atoms with E-state index in [4.69, 9.17) is 10.5 Å². The van der Waals surface area contributed by atoms with Gasteiger partial charge in [0.25, 0.3) is 0 Å². The molecule has 20 heavy (non-hydrogen) atoms. The molecule has 2 aromatic rings. The molecule has 2 N–H and O–H groups in total. The fourth-order valence-corrected chi connectivity index (χ4v) is 2.67. The molecule has 0 atom stereocenters. The van der Waals surface area contributed by atoms with E-state index in [1.54, 1.807) is 6.07 Å². The summed E-state index contributed by atoms with van der Waals surface area (Å²) in [6, 6.07) is 8.20. The van der Waals surface area contributed by atoms with Crippen LogP contribution in [0.1, 0.15) is 0 Å². The highest BCUT2D eigenvalue weighted by Crippen LogP contribution is 2.31. The predicted molar refractivity (Wildman–Crippen MR) is 78.1 cm³/mol. The second-order valence-corrected chi connectivity index (χ2v) is 7.11. The minimum Gasteiger partial charge on any atom is -0.455 e. The zero-order chi connectivity index (χ0) is 14.9. The molecule has 106 valence electrons. The van der Waals surface area contributed by atoms with Crippen molar-refractivity contribution in [2.45, 2.75) is 4.90 Å². The topological polar surface area (TPSA) is 69.4 Å². The number of ether oxygens (including phenoxy) is 1. The molecule has 7 heteroatoms. The van der Waals surface area contributed by atoms with Gasteiger partial charge in [-0.1, -0.05) is 15.9 Å². The summed E-state index contributed by atoms with van der Waals surface area (Å²) in [4.78, 5) is 0.0998. The maximum absolute atomic E-state index is 13.2. The molecule has 0 saturated carbocycles. The van der Waals surface area contributed by atoms with Crippen LogP contribution in [0.4, 0.5) is 10.1 Å². The average molecular weight is 360 g/mol. The summed E-state index contributed by atoms with van der Waals surface area (Å²) in [5, 5.41) is 0. The molecule has 0 aromatic heterocycles. The molecule has 4 nitrogen and oxygen atoms in total. The van der Waals surface area contributed by atoms with E-state index in [0.29, 0.717) is 4.47 Å². The molecule has 0 aliphatic carbocycles. The van der Waals surface area contributed by atoms with Gasteiger partial charge in [-0.2, -0.15) is 0 Å². The first-order valence-corrected chi connectivity index (χ1v) is 8.18. The van der Waals surface area contributed by atoms with Gasteiger partial charge in [-0.25, -0.2) is 12.8 Å².